The summed E-state index contributed by atoms with van der Waals surface area (Å²) >= 11 is 1.79. The number of benzene rings is 1. The first-order chi connectivity index (χ1) is 10.3. The maximum atomic E-state index is 6.26. The molecule has 0 aliphatic rings. The van der Waals surface area contributed by atoms with Gasteiger partial charge in [-0.2, -0.15) is 0 Å². The van der Waals surface area contributed by atoms with E-state index in [1.54, 1.807) is 11.3 Å². The highest BCUT2D eigenvalue weighted by atomic mass is 32.1. The third-order valence-electron chi connectivity index (χ3n) is 3.95. The Kier molecular flexibility index (Phi) is 7.17. The van der Waals surface area contributed by atoms with Crippen LogP contribution >= 0.6 is 11.3 Å². The molecule has 0 saturated heterocycles. The highest BCUT2D eigenvalue weighted by Gasteiger charge is 2.08. The summed E-state index contributed by atoms with van der Waals surface area (Å²) in [5.41, 5.74) is 7.37. The third kappa shape index (κ3) is 5.76. The lowest BCUT2D eigenvalue weighted by Gasteiger charge is -2.09. The summed E-state index contributed by atoms with van der Waals surface area (Å²) in [6.07, 6.45) is 11.5. The van der Waals surface area contributed by atoms with Crippen molar-refractivity contribution >= 4 is 21.6 Å². The Bertz CT molecular complexity index is 488. The van der Waals surface area contributed by atoms with Crippen molar-refractivity contribution < 1.29 is 0 Å². The zero-order valence-corrected chi connectivity index (χ0v) is 14.0. The minimum Gasteiger partial charge on any atom is -0.327 e. The molecule has 1 aromatic heterocycles. The number of unbranched alkanes of at least 4 members (excludes halogenated alkanes) is 6. The quantitative estimate of drug-likeness (QED) is 0.604. The Morgan fingerprint density at radius 2 is 1.76 bits per heavy atom. The second-order valence-corrected chi connectivity index (χ2v) is 7.06. The molecule has 0 aliphatic heterocycles. The Labute approximate surface area is 132 Å². The van der Waals surface area contributed by atoms with E-state index in [0.717, 1.165) is 18.4 Å². The van der Waals surface area contributed by atoms with Gasteiger partial charge in [0.05, 0.1) is 15.2 Å². The number of aromatic nitrogens is 1. The maximum absolute atomic E-state index is 6.26. The van der Waals surface area contributed by atoms with Crippen LogP contribution in [0.5, 0.6) is 0 Å². The molecule has 0 aliphatic carbocycles. The second kappa shape index (κ2) is 9.16. The van der Waals surface area contributed by atoms with Crippen LogP contribution in [0.25, 0.3) is 10.2 Å². The number of nitrogens with two attached hydrogens (primary N) is 1. The van der Waals surface area contributed by atoms with Crippen molar-refractivity contribution in [2.75, 3.05) is 0 Å². The van der Waals surface area contributed by atoms with Crippen molar-refractivity contribution in [1.29, 1.82) is 0 Å². The average Bonchev–Trinajstić information content (AvgIpc) is 2.88. The van der Waals surface area contributed by atoms with Crippen molar-refractivity contribution in [1.82, 2.24) is 4.98 Å². The molecule has 1 unspecified atom stereocenters. The summed E-state index contributed by atoms with van der Waals surface area (Å²) in [6, 6.07) is 8.60. The number of thiazole rings is 1. The molecule has 1 heterocycles. The van der Waals surface area contributed by atoms with Crippen LogP contribution in [0.4, 0.5) is 0 Å². The molecule has 21 heavy (non-hydrogen) atoms. The zero-order valence-electron chi connectivity index (χ0n) is 13.2. The fourth-order valence-electron chi connectivity index (χ4n) is 2.70. The summed E-state index contributed by atoms with van der Waals surface area (Å²) in [7, 11) is 0. The first-order valence-corrected chi connectivity index (χ1v) is 9.21. The molecule has 0 fully saturated rings. The van der Waals surface area contributed by atoms with Crippen molar-refractivity contribution in [2.24, 2.45) is 5.73 Å². The van der Waals surface area contributed by atoms with Gasteiger partial charge in [-0.25, -0.2) is 4.98 Å². The normalized spacial score (nSPS) is 12.9. The van der Waals surface area contributed by atoms with E-state index in [0.29, 0.717) is 0 Å². The van der Waals surface area contributed by atoms with Crippen molar-refractivity contribution in [2.45, 2.75) is 70.8 Å². The lowest BCUT2D eigenvalue weighted by atomic mass is 10.0. The summed E-state index contributed by atoms with van der Waals surface area (Å²) in [4.78, 5) is 4.67. The van der Waals surface area contributed by atoms with Gasteiger partial charge in [0.2, 0.25) is 0 Å². The van der Waals surface area contributed by atoms with Crippen LogP contribution in [0.15, 0.2) is 24.3 Å². The average molecular weight is 305 g/mol. The van der Waals surface area contributed by atoms with Crippen LogP contribution in [-0.4, -0.2) is 11.0 Å². The number of hydrogen-bond donors (Lipinski definition) is 1. The van der Waals surface area contributed by atoms with Crippen molar-refractivity contribution in [3.8, 4) is 0 Å². The first kappa shape index (κ1) is 16.4. The molecule has 0 bridgehead atoms. The largest absolute Gasteiger partial charge is 0.327 e. The van der Waals surface area contributed by atoms with Crippen LogP contribution in [0.1, 0.15) is 63.3 Å². The maximum Gasteiger partial charge on any atom is 0.0954 e. The molecule has 2 nitrogen and oxygen atoms in total. The molecule has 116 valence electrons. The van der Waals surface area contributed by atoms with Crippen molar-refractivity contribution in [3.63, 3.8) is 0 Å². The number of nitrogens with zero attached hydrogens (tertiary/aromatic N) is 1. The minimum absolute atomic E-state index is 0.265. The monoisotopic (exact) mass is 304 g/mol. The van der Waals surface area contributed by atoms with E-state index >= 15 is 0 Å². The molecular weight excluding hydrogens is 276 g/mol. The minimum atomic E-state index is 0.265. The number of hydrogen-bond acceptors (Lipinski definition) is 3. The van der Waals surface area contributed by atoms with E-state index < -0.39 is 0 Å². The summed E-state index contributed by atoms with van der Waals surface area (Å²) in [6.45, 7) is 2.26. The zero-order chi connectivity index (χ0) is 14.9. The van der Waals surface area contributed by atoms with E-state index in [9.17, 15) is 0 Å². The van der Waals surface area contributed by atoms with E-state index in [1.165, 1.54) is 54.7 Å². The Hall–Kier alpha value is -0.930. The van der Waals surface area contributed by atoms with Crippen LogP contribution in [0.2, 0.25) is 0 Å². The molecule has 0 radical (unpaired) electrons. The second-order valence-electron chi connectivity index (χ2n) is 5.95. The van der Waals surface area contributed by atoms with E-state index in [-0.39, 0.29) is 6.04 Å². The lowest BCUT2D eigenvalue weighted by molar-refractivity contribution is 0.528. The standard InChI is InChI=1S/C18H28N2S/c1-2-3-4-5-6-7-8-11-15(19)14-18-20-16-12-9-10-13-17(16)21-18/h9-10,12-13,15H,2-8,11,14,19H2,1H3. The van der Waals surface area contributed by atoms with E-state index in [1.807, 2.05) is 6.07 Å². The van der Waals surface area contributed by atoms with Gasteiger partial charge < -0.3 is 5.73 Å². The summed E-state index contributed by atoms with van der Waals surface area (Å²) < 4.78 is 1.27. The summed E-state index contributed by atoms with van der Waals surface area (Å²) in [5, 5.41) is 1.19. The van der Waals surface area contributed by atoms with Gasteiger partial charge in [-0.15, -0.1) is 11.3 Å². The van der Waals surface area contributed by atoms with Gasteiger partial charge in [-0.1, -0.05) is 64.0 Å². The van der Waals surface area contributed by atoms with Crippen LogP contribution in [0, 0.1) is 0 Å². The highest BCUT2D eigenvalue weighted by Crippen LogP contribution is 2.23. The molecule has 1 atom stereocenters. The number of rotatable bonds is 10. The van der Waals surface area contributed by atoms with Gasteiger partial charge in [0.15, 0.2) is 0 Å². The summed E-state index contributed by atoms with van der Waals surface area (Å²) in [5.74, 6) is 0. The van der Waals surface area contributed by atoms with Crippen molar-refractivity contribution in [3.05, 3.63) is 29.3 Å². The smallest absolute Gasteiger partial charge is 0.0954 e. The van der Waals surface area contributed by atoms with Crippen LogP contribution in [0.3, 0.4) is 0 Å². The molecule has 2 N–H and O–H groups in total. The number of fused-ring (bicyclic) bond motifs is 1. The lowest BCUT2D eigenvalue weighted by Crippen LogP contribution is -2.22. The SMILES string of the molecule is CCCCCCCCCC(N)Cc1nc2ccccc2s1. The fourth-order valence-corrected chi connectivity index (χ4v) is 3.76. The number of para-hydroxylation sites is 1. The molecular formula is C18H28N2S. The Morgan fingerprint density at radius 3 is 2.52 bits per heavy atom. The van der Waals surface area contributed by atoms with Crippen LogP contribution < -0.4 is 5.73 Å². The van der Waals surface area contributed by atoms with Gasteiger partial charge in [-0.05, 0) is 18.6 Å². The third-order valence-corrected chi connectivity index (χ3v) is 5.01. The Balaban J connectivity index is 1.64. The Morgan fingerprint density at radius 1 is 1.05 bits per heavy atom. The van der Waals surface area contributed by atoms with Gasteiger partial charge in [0.1, 0.15) is 0 Å². The molecule has 2 aromatic rings. The van der Waals surface area contributed by atoms with Gasteiger partial charge >= 0.3 is 0 Å². The van der Waals surface area contributed by atoms with E-state index in [4.69, 9.17) is 5.73 Å². The first-order valence-electron chi connectivity index (χ1n) is 8.39. The van der Waals surface area contributed by atoms with Crippen LogP contribution in [-0.2, 0) is 6.42 Å². The molecule has 1 aromatic carbocycles. The highest BCUT2D eigenvalue weighted by molar-refractivity contribution is 7.18. The van der Waals surface area contributed by atoms with E-state index in [2.05, 4.69) is 30.1 Å². The molecule has 0 saturated carbocycles. The molecule has 3 heteroatoms. The molecule has 0 amide bonds. The molecule has 2 rings (SSSR count). The van der Waals surface area contributed by atoms with Gasteiger partial charge in [0.25, 0.3) is 0 Å². The van der Waals surface area contributed by atoms with Gasteiger partial charge in [0, 0.05) is 12.5 Å². The fraction of sp³-hybridized carbons (Fsp3) is 0.611. The van der Waals surface area contributed by atoms with Gasteiger partial charge in [-0.3, -0.25) is 0 Å². The predicted molar refractivity (Wildman–Crippen MR) is 93.9 cm³/mol. The predicted octanol–water partition coefficient (Wildman–Crippen LogP) is 5.31. The topological polar surface area (TPSA) is 38.9 Å². The molecule has 0 spiro atoms.